The fourth-order valence-corrected chi connectivity index (χ4v) is 0.693. The highest BCUT2D eigenvalue weighted by Gasteiger charge is 2.01. The molecule has 0 saturated carbocycles. The normalized spacial score (nSPS) is 9.75. The van der Waals surface area contributed by atoms with Crippen molar-refractivity contribution < 1.29 is 9.84 Å². The molecule has 0 aliphatic rings. The van der Waals surface area contributed by atoms with Crippen molar-refractivity contribution in [1.82, 2.24) is 10.2 Å². The zero-order valence-electron chi connectivity index (χ0n) is 6.95. The van der Waals surface area contributed by atoms with Gasteiger partial charge in [0.2, 0.25) is 0 Å². The Balaban J connectivity index is 2.46. The Labute approximate surface area is 71.2 Å². The minimum Gasteiger partial charge on any atom is -0.503 e. The molecule has 0 fully saturated rings. The van der Waals surface area contributed by atoms with E-state index in [9.17, 15) is 0 Å². The molecule has 0 spiro atoms. The molecule has 65 valence electrons. The third-order valence-electron chi connectivity index (χ3n) is 1.36. The Hall–Kier alpha value is -1.32. The molecule has 1 rings (SSSR count). The van der Waals surface area contributed by atoms with Crippen LogP contribution in [0.2, 0.25) is 0 Å². The molecule has 4 heteroatoms. The van der Waals surface area contributed by atoms with E-state index in [0.717, 1.165) is 12.8 Å². The SMILES string of the molecule is CCCCOc1nn[c]cc1O. The summed E-state index contributed by atoms with van der Waals surface area (Å²) in [6, 6.07) is 1.33. The molecule has 1 heterocycles. The molecule has 1 N–H and O–H groups in total. The zero-order chi connectivity index (χ0) is 8.81. The Morgan fingerprint density at radius 2 is 2.50 bits per heavy atom. The third-order valence-corrected chi connectivity index (χ3v) is 1.36. The van der Waals surface area contributed by atoms with Crippen molar-refractivity contribution in [1.29, 1.82) is 0 Å². The first-order valence-corrected chi connectivity index (χ1v) is 3.90. The van der Waals surface area contributed by atoms with Crippen LogP contribution in [0.1, 0.15) is 19.8 Å². The molecule has 0 aliphatic carbocycles. The molecular formula is C8H11N2O2. The summed E-state index contributed by atoms with van der Waals surface area (Å²) >= 11 is 0. The lowest BCUT2D eigenvalue weighted by molar-refractivity contribution is 0.277. The number of hydrogen-bond donors (Lipinski definition) is 1. The van der Waals surface area contributed by atoms with Gasteiger partial charge in [-0.05, 0) is 6.42 Å². The first kappa shape index (κ1) is 8.77. The fraction of sp³-hybridized carbons (Fsp3) is 0.500. The number of rotatable bonds is 4. The standard InChI is InChI=1S/C8H11N2O2/c1-2-3-6-12-8-7(11)4-5-9-10-8/h4H,2-3,6H2,1H3,(H,9,11). The van der Waals surface area contributed by atoms with E-state index in [1.807, 2.05) is 0 Å². The summed E-state index contributed by atoms with van der Waals surface area (Å²) in [6.45, 7) is 2.62. The Morgan fingerprint density at radius 1 is 1.67 bits per heavy atom. The van der Waals surface area contributed by atoms with Gasteiger partial charge >= 0.3 is 0 Å². The lowest BCUT2D eigenvalue weighted by Crippen LogP contribution is -1.99. The van der Waals surface area contributed by atoms with E-state index in [0.29, 0.717) is 6.61 Å². The lowest BCUT2D eigenvalue weighted by Gasteiger charge is -2.03. The highest BCUT2D eigenvalue weighted by Crippen LogP contribution is 2.19. The van der Waals surface area contributed by atoms with Crippen LogP contribution in [0.15, 0.2) is 6.07 Å². The summed E-state index contributed by atoms with van der Waals surface area (Å²) in [7, 11) is 0. The predicted molar refractivity (Wildman–Crippen MR) is 42.9 cm³/mol. The second-order valence-corrected chi connectivity index (χ2v) is 2.37. The van der Waals surface area contributed by atoms with Crippen molar-refractivity contribution in [3.8, 4) is 11.6 Å². The van der Waals surface area contributed by atoms with Crippen LogP contribution in [0.4, 0.5) is 0 Å². The van der Waals surface area contributed by atoms with Gasteiger partial charge < -0.3 is 9.84 Å². The van der Waals surface area contributed by atoms with E-state index >= 15 is 0 Å². The molecular weight excluding hydrogens is 156 g/mol. The van der Waals surface area contributed by atoms with E-state index in [4.69, 9.17) is 9.84 Å². The van der Waals surface area contributed by atoms with Crippen LogP contribution in [-0.4, -0.2) is 21.9 Å². The van der Waals surface area contributed by atoms with E-state index in [1.54, 1.807) is 0 Å². The first-order chi connectivity index (χ1) is 5.84. The van der Waals surface area contributed by atoms with Crippen LogP contribution in [0.3, 0.4) is 0 Å². The number of hydrogen-bond acceptors (Lipinski definition) is 4. The average Bonchev–Trinajstić information content (AvgIpc) is 2.09. The van der Waals surface area contributed by atoms with E-state index in [2.05, 4.69) is 23.3 Å². The maximum atomic E-state index is 9.15. The van der Waals surface area contributed by atoms with Gasteiger partial charge in [0, 0.05) is 6.07 Å². The molecule has 0 atom stereocenters. The van der Waals surface area contributed by atoms with Gasteiger partial charge in [0.1, 0.15) is 6.20 Å². The van der Waals surface area contributed by atoms with Gasteiger partial charge in [-0.2, -0.15) is 0 Å². The van der Waals surface area contributed by atoms with Gasteiger partial charge in [0.15, 0.2) is 5.75 Å². The molecule has 0 unspecified atom stereocenters. The molecule has 12 heavy (non-hydrogen) atoms. The Morgan fingerprint density at radius 3 is 3.17 bits per heavy atom. The maximum Gasteiger partial charge on any atom is 0.276 e. The summed E-state index contributed by atoms with van der Waals surface area (Å²) in [5.74, 6) is 0.170. The Kier molecular flexibility index (Phi) is 3.32. The minimum atomic E-state index is -0.0129. The van der Waals surface area contributed by atoms with Gasteiger partial charge in [0.25, 0.3) is 5.88 Å². The van der Waals surface area contributed by atoms with Gasteiger partial charge in [-0.3, -0.25) is 0 Å². The lowest BCUT2D eigenvalue weighted by atomic mass is 10.4. The topological polar surface area (TPSA) is 55.2 Å². The van der Waals surface area contributed by atoms with Crippen LogP contribution < -0.4 is 4.74 Å². The van der Waals surface area contributed by atoms with Gasteiger partial charge in [0.05, 0.1) is 6.61 Å². The number of nitrogens with zero attached hydrogens (tertiary/aromatic N) is 2. The summed E-state index contributed by atoms with van der Waals surface area (Å²) < 4.78 is 5.13. The summed E-state index contributed by atoms with van der Waals surface area (Å²) in [5.41, 5.74) is 0. The van der Waals surface area contributed by atoms with Crippen LogP contribution in [0, 0.1) is 6.20 Å². The van der Waals surface area contributed by atoms with Crippen LogP contribution in [0.25, 0.3) is 0 Å². The van der Waals surface area contributed by atoms with Crippen molar-refractivity contribution in [2.24, 2.45) is 0 Å². The number of unbranched alkanes of at least 4 members (excludes halogenated alkanes) is 1. The van der Waals surface area contributed by atoms with E-state index in [-0.39, 0.29) is 11.6 Å². The first-order valence-electron chi connectivity index (χ1n) is 3.90. The molecule has 0 amide bonds. The average molecular weight is 167 g/mol. The minimum absolute atomic E-state index is 0.0129. The third kappa shape index (κ3) is 2.38. The molecule has 1 aromatic rings. The van der Waals surface area contributed by atoms with Crippen molar-refractivity contribution >= 4 is 0 Å². The largest absolute Gasteiger partial charge is 0.503 e. The second-order valence-electron chi connectivity index (χ2n) is 2.37. The number of aromatic nitrogens is 2. The smallest absolute Gasteiger partial charge is 0.276 e. The van der Waals surface area contributed by atoms with Crippen molar-refractivity contribution in [3.05, 3.63) is 12.3 Å². The fourth-order valence-electron chi connectivity index (χ4n) is 0.693. The molecule has 4 nitrogen and oxygen atoms in total. The van der Waals surface area contributed by atoms with Crippen molar-refractivity contribution in [2.75, 3.05) is 6.61 Å². The van der Waals surface area contributed by atoms with E-state index in [1.165, 1.54) is 6.07 Å². The summed E-state index contributed by atoms with van der Waals surface area (Å²) in [6.07, 6.45) is 4.39. The highest BCUT2D eigenvalue weighted by atomic mass is 16.5. The summed E-state index contributed by atoms with van der Waals surface area (Å²) in [5, 5.41) is 16.2. The van der Waals surface area contributed by atoms with Gasteiger partial charge in [-0.25, -0.2) is 0 Å². The van der Waals surface area contributed by atoms with Gasteiger partial charge in [-0.1, -0.05) is 13.3 Å². The maximum absolute atomic E-state index is 9.15. The van der Waals surface area contributed by atoms with Crippen LogP contribution in [-0.2, 0) is 0 Å². The molecule has 0 saturated heterocycles. The summed E-state index contributed by atoms with van der Waals surface area (Å²) in [4.78, 5) is 0. The van der Waals surface area contributed by atoms with Crippen molar-refractivity contribution in [3.63, 3.8) is 0 Å². The number of aromatic hydroxyl groups is 1. The van der Waals surface area contributed by atoms with Crippen LogP contribution in [0.5, 0.6) is 11.6 Å². The van der Waals surface area contributed by atoms with Gasteiger partial charge in [-0.15, -0.1) is 10.2 Å². The monoisotopic (exact) mass is 167 g/mol. The molecule has 0 bridgehead atoms. The second kappa shape index (κ2) is 4.54. The Bertz CT molecular complexity index is 240. The quantitative estimate of drug-likeness (QED) is 0.684. The van der Waals surface area contributed by atoms with E-state index < -0.39 is 0 Å². The van der Waals surface area contributed by atoms with Crippen LogP contribution >= 0.6 is 0 Å². The molecule has 0 aliphatic heterocycles. The molecule has 1 aromatic heterocycles. The zero-order valence-corrected chi connectivity index (χ0v) is 6.95. The predicted octanol–water partition coefficient (Wildman–Crippen LogP) is 1.16. The highest BCUT2D eigenvalue weighted by molar-refractivity contribution is 5.27. The van der Waals surface area contributed by atoms with Crippen molar-refractivity contribution in [2.45, 2.75) is 19.8 Å². The number of ether oxygens (including phenoxy) is 1. The molecule has 1 radical (unpaired) electrons. The molecule has 0 aromatic carbocycles.